The lowest BCUT2D eigenvalue weighted by Gasteiger charge is -2.10. The molecule has 2 N–H and O–H groups in total. The van der Waals surface area contributed by atoms with Crippen molar-refractivity contribution in [1.29, 1.82) is 0 Å². The van der Waals surface area contributed by atoms with Gasteiger partial charge in [-0.05, 0) is 36.5 Å². The van der Waals surface area contributed by atoms with Gasteiger partial charge in [-0.25, -0.2) is 9.97 Å². The van der Waals surface area contributed by atoms with Gasteiger partial charge in [0.25, 0.3) is 0 Å². The van der Waals surface area contributed by atoms with Gasteiger partial charge >= 0.3 is 0 Å². The molecule has 0 spiro atoms. The molecule has 0 unspecified atom stereocenters. The summed E-state index contributed by atoms with van der Waals surface area (Å²) in [6, 6.07) is 10.1. The van der Waals surface area contributed by atoms with Crippen LogP contribution in [-0.2, 0) is 6.42 Å². The van der Waals surface area contributed by atoms with Crippen molar-refractivity contribution in [3.63, 3.8) is 0 Å². The predicted octanol–water partition coefficient (Wildman–Crippen LogP) is 3.60. The minimum Gasteiger partial charge on any atom is -0.497 e. The van der Waals surface area contributed by atoms with Crippen molar-refractivity contribution < 1.29 is 4.74 Å². The van der Waals surface area contributed by atoms with Gasteiger partial charge in [0.1, 0.15) is 23.7 Å². The standard InChI is InChI=1S/C18H26N4O/c1-14(2)7-9-19-17-12-18(22-13-21-17)20-10-8-15-5-4-6-16(11-15)23-3/h4-6,11-14H,7-10H2,1-3H3,(H2,19,20,21,22). The predicted molar refractivity (Wildman–Crippen MR) is 95.2 cm³/mol. The number of hydrogen-bond acceptors (Lipinski definition) is 5. The van der Waals surface area contributed by atoms with Crippen LogP contribution in [-0.4, -0.2) is 30.2 Å². The van der Waals surface area contributed by atoms with Gasteiger partial charge in [-0.15, -0.1) is 0 Å². The van der Waals surface area contributed by atoms with Gasteiger partial charge < -0.3 is 15.4 Å². The summed E-state index contributed by atoms with van der Waals surface area (Å²) in [6.07, 6.45) is 3.63. The fourth-order valence-electron chi connectivity index (χ4n) is 2.20. The average Bonchev–Trinajstić information content (AvgIpc) is 2.55. The molecule has 124 valence electrons. The van der Waals surface area contributed by atoms with Gasteiger partial charge in [0.05, 0.1) is 7.11 Å². The Morgan fingerprint density at radius 1 is 1.04 bits per heavy atom. The smallest absolute Gasteiger partial charge is 0.131 e. The third kappa shape index (κ3) is 6.14. The highest BCUT2D eigenvalue weighted by molar-refractivity contribution is 5.46. The van der Waals surface area contributed by atoms with Crippen molar-refractivity contribution in [3.05, 3.63) is 42.2 Å². The topological polar surface area (TPSA) is 59.1 Å². The molecule has 0 aliphatic rings. The van der Waals surface area contributed by atoms with Crippen LogP contribution in [0.15, 0.2) is 36.7 Å². The molecule has 0 amide bonds. The van der Waals surface area contributed by atoms with Gasteiger partial charge in [-0.2, -0.15) is 0 Å². The Labute approximate surface area is 138 Å². The third-order valence-corrected chi connectivity index (χ3v) is 3.55. The Kier molecular flexibility index (Phi) is 6.66. The van der Waals surface area contributed by atoms with E-state index in [4.69, 9.17) is 4.74 Å². The third-order valence-electron chi connectivity index (χ3n) is 3.55. The number of ether oxygens (including phenoxy) is 1. The molecule has 0 fully saturated rings. The Balaban J connectivity index is 1.81. The summed E-state index contributed by atoms with van der Waals surface area (Å²) in [4.78, 5) is 8.51. The van der Waals surface area contributed by atoms with Crippen LogP contribution in [0, 0.1) is 5.92 Å². The maximum Gasteiger partial charge on any atom is 0.131 e. The SMILES string of the molecule is COc1cccc(CCNc2cc(NCCC(C)C)ncn2)c1. The molecule has 0 saturated carbocycles. The molecule has 0 bridgehead atoms. The second kappa shape index (κ2) is 8.98. The molecule has 0 aliphatic heterocycles. The monoisotopic (exact) mass is 314 g/mol. The maximum atomic E-state index is 5.24. The summed E-state index contributed by atoms with van der Waals surface area (Å²) in [7, 11) is 1.69. The second-order valence-corrected chi connectivity index (χ2v) is 5.93. The van der Waals surface area contributed by atoms with Crippen molar-refractivity contribution in [3.8, 4) is 5.75 Å². The zero-order valence-corrected chi connectivity index (χ0v) is 14.2. The van der Waals surface area contributed by atoms with Crippen molar-refractivity contribution >= 4 is 11.6 Å². The molecule has 23 heavy (non-hydrogen) atoms. The van der Waals surface area contributed by atoms with Crippen LogP contribution in [0.1, 0.15) is 25.8 Å². The van der Waals surface area contributed by atoms with Crippen molar-refractivity contribution in [1.82, 2.24) is 9.97 Å². The highest BCUT2D eigenvalue weighted by Gasteiger charge is 2.00. The Hall–Kier alpha value is -2.30. The Bertz CT molecular complexity index is 601. The highest BCUT2D eigenvalue weighted by Crippen LogP contribution is 2.14. The number of nitrogens with one attached hydrogen (secondary N) is 2. The van der Waals surface area contributed by atoms with E-state index in [2.05, 4.69) is 46.6 Å². The Morgan fingerprint density at radius 3 is 2.48 bits per heavy atom. The van der Waals surface area contributed by atoms with E-state index >= 15 is 0 Å². The van der Waals surface area contributed by atoms with E-state index in [-0.39, 0.29) is 0 Å². The first-order valence-electron chi connectivity index (χ1n) is 8.10. The lowest BCUT2D eigenvalue weighted by atomic mass is 10.1. The Morgan fingerprint density at radius 2 is 1.78 bits per heavy atom. The number of anilines is 2. The van der Waals surface area contributed by atoms with Gasteiger partial charge in [0, 0.05) is 19.2 Å². The quantitative estimate of drug-likeness (QED) is 0.740. The fourth-order valence-corrected chi connectivity index (χ4v) is 2.20. The van der Waals surface area contributed by atoms with Crippen molar-refractivity contribution in [2.45, 2.75) is 26.7 Å². The number of nitrogens with zero attached hydrogens (tertiary/aromatic N) is 2. The van der Waals surface area contributed by atoms with Crippen molar-refractivity contribution in [2.24, 2.45) is 5.92 Å². The minimum absolute atomic E-state index is 0.685. The van der Waals surface area contributed by atoms with Crippen LogP contribution in [0.5, 0.6) is 5.75 Å². The fraction of sp³-hybridized carbons (Fsp3) is 0.444. The summed E-state index contributed by atoms with van der Waals surface area (Å²) in [5.41, 5.74) is 1.24. The molecular formula is C18H26N4O. The highest BCUT2D eigenvalue weighted by atomic mass is 16.5. The molecule has 5 nitrogen and oxygen atoms in total. The van der Waals surface area contributed by atoms with E-state index in [1.807, 2.05) is 18.2 Å². The van der Waals surface area contributed by atoms with Crippen LogP contribution in [0.25, 0.3) is 0 Å². The molecule has 1 aromatic carbocycles. The number of aromatic nitrogens is 2. The minimum atomic E-state index is 0.685. The van der Waals surface area contributed by atoms with Gasteiger partial charge in [-0.1, -0.05) is 26.0 Å². The van der Waals surface area contributed by atoms with Crippen LogP contribution < -0.4 is 15.4 Å². The van der Waals surface area contributed by atoms with Crippen LogP contribution in [0.4, 0.5) is 11.6 Å². The zero-order chi connectivity index (χ0) is 16.5. The summed E-state index contributed by atoms with van der Waals surface area (Å²) in [6.45, 7) is 6.17. The van der Waals surface area contributed by atoms with E-state index in [0.717, 1.165) is 43.3 Å². The van der Waals surface area contributed by atoms with E-state index in [1.54, 1.807) is 13.4 Å². The van der Waals surface area contributed by atoms with E-state index in [0.29, 0.717) is 5.92 Å². The van der Waals surface area contributed by atoms with Crippen molar-refractivity contribution in [2.75, 3.05) is 30.8 Å². The van der Waals surface area contributed by atoms with Gasteiger partial charge in [0.2, 0.25) is 0 Å². The van der Waals surface area contributed by atoms with Gasteiger partial charge in [-0.3, -0.25) is 0 Å². The molecule has 0 atom stereocenters. The first-order valence-corrected chi connectivity index (χ1v) is 8.10. The molecule has 1 aromatic heterocycles. The van der Waals surface area contributed by atoms with E-state index in [9.17, 15) is 0 Å². The summed E-state index contributed by atoms with van der Waals surface area (Å²) >= 11 is 0. The number of hydrogen-bond donors (Lipinski definition) is 2. The molecule has 0 radical (unpaired) electrons. The van der Waals surface area contributed by atoms with Crippen LogP contribution in [0.3, 0.4) is 0 Å². The largest absolute Gasteiger partial charge is 0.497 e. The van der Waals surface area contributed by atoms with Gasteiger partial charge in [0.15, 0.2) is 0 Å². The van der Waals surface area contributed by atoms with E-state index in [1.165, 1.54) is 5.56 Å². The molecule has 1 heterocycles. The summed E-state index contributed by atoms with van der Waals surface area (Å²) in [5.74, 6) is 3.28. The lowest BCUT2D eigenvalue weighted by molar-refractivity contribution is 0.414. The summed E-state index contributed by atoms with van der Waals surface area (Å²) < 4.78 is 5.24. The first kappa shape index (κ1) is 17.1. The number of methoxy groups -OCH3 is 1. The molecular weight excluding hydrogens is 288 g/mol. The molecule has 2 rings (SSSR count). The summed E-state index contributed by atoms with van der Waals surface area (Å²) in [5, 5.41) is 6.67. The molecule has 0 aliphatic carbocycles. The average molecular weight is 314 g/mol. The molecule has 0 saturated heterocycles. The lowest BCUT2D eigenvalue weighted by Crippen LogP contribution is -2.09. The number of benzene rings is 1. The maximum absolute atomic E-state index is 5.24. The first-order chi connectivity index (χ1) is 11.2. The number of rotatable bonds is 9. The van der Waals surface area contributed by atoms with E-state index < -0.39 is 0 Å². The second-order valence-electron chi connectivity index (χ2n) is 5.93. The van der Waals surface area contributed by atoms with Crippen LogP contribution in [0.2, 0.25) is 0 Å². The normalized spacial score (nSPS) is 10.6. The molecule has 2 aromatic rings. The zero-order valence-electron chi connectivity index (χ0n) is 14.2. The molecule has 5 heteroatoms. The van der Waals surface area contributed by atoms with Crippen LogP contribution >= 0.6 is 0 Å².